The molecule has 3 aromatic carbocycles. The molecule has 4 nitrogen and oxygen atoms in total. The first-order valence-electron chi connectivity index (χ1n) is 12.0. The van der Waals surface area contributed by atoms with Crippen molar-refractivity contribution in [2.75, 3.05) is 11.9 Å². The van der Waals surface area contributed by atoms with Crippen LogP contribution in [0.25, 0.3) is 22.2 Å². The van der Waals surface area contributed by atoms with Crippen molar-refractivity contribution in [3.63, 3.8) is 0 Å². The monoisotopic (exact) mass is 472 g/mol. The Morgan fingerprint density at radius 3 is 2.41 bits per heavy atom. The minimum Gasteiger partial charge on any atom is -0.478 e. The van der Waals surface area contributed by atoms with Gasteiger partial charge >= 0.3 is 5.97 Å². The molecule has 0 bridgehead atoms. The predicted octanol–water partition coefficient (Wildman–Crippen LogP) is 7.49. The van der Waals surface area contributed by atoms with Gasteiger partial charge in [0.15, 0.2) is 0 Å². The van der Waals surface area contributed by atoms with Crippen molar-refractivity contribution in [2.45, 2.75) is 44.1 Å². The molecular formula is C29H29ClN2O2. The number of anilines is 1. The molecule has 2 N–H and O–H groups in total. The fourth-order valence-electron chi connectivity index (χ4n) is 5.96. The summed E-state index contributed by atoms with van der Waals surface area (Å²) in [5, 5.41) is 14.7. The summed E-state index contributed by atoms with van der Waals surface area (Å²) >= 11 is 0. The van der Waals surface area contributed by atoms with Gasteiger partial charge < -0.3 is 15.0 Å². The number of rotatable bonds is 3. The third-order valence-corrected chi connectivity index (χ3v) is 7.47. The summed E-state index contributed by atoms with van der Waals surface area (Å²) in [5.74, 6) is -0.383. The molecule has 0 saturated heterocycles. The van der Waals surface area contributed by atoms with Gasteiger partial charge in [-0.3, -0.25) is 0 Å². The first-order chi connectivity index (χ1) is 16.2. The maximum Gasteiger partial charge on any atom is 0.335 e. The highest BCUT2D eigenvalue weighted by molar-refractivity contribution is 5.99. The minimum atomic E-state index is -0.880. The van der Waals surface area contributed by atoms with Gasteiger partial charge in [0.25, 0.3) is 0 Å². The number of hydrogen-bond donors (Lipinski definition) is 2. The van der Waals surface area contributed by atoms with Crippen LogP contribution in [-0.2, 0) is 0 Å². The average molecular weight is 473 g/mol. The molecule has 1 saturated carbocycles. The smallest absolute Gasteiger partial charge is 0.335 e. The first-order valence-corrected chi connectivity index (χ1v) is 12.0. The Labute approximate surface area is 206 Å². The predicted molar refractivity (Wildman–Crippen MR) is 140 cm³/mol. The summed E-state index contributed by atoms with van der Waals surface area (Å²) in [6.45, 7) is 0.749. The van der Waals surface area contributed by atoms with E-state index in [0.29, 0.717) is 11.5 Å². The molecule has 1 fully saturated rings. The molecule has 1 aromatic heterocycles. The Bertz CT molecular complexity index is 1340. The Morgan fingerprint density at radius 1 is 0.912 bits per heavy atom. The largest absolute Gasteiger partial charge is 0.478 e. The SMILES string of the molecule is Cl.O=C(O)c1ccc2c(C3CCCCC3)c3n(c2c1)C(c1ccccc1)CNc1ccccc1-3. The molecule has 1 unspecified atom stereocenters. The van der Waals surface area contributed by atoms with Crippen LogP contribution in [0.5, 0.6) is 0 Å². The van der Waals surface area contributed by atoms with Crippen molar-refractivity contribution in [3.8, 4) is 11.3 Å². The Hall–Kier alpha value is -3.24. The van der Waals surface area contributed by atoms with E-state index in [-0.39, 0.29) is 18.4 Å². The van der Waals surface area contributed by atoms with Crippen molar-refractivity contribution in [1.82, 2.24) is 4.57 Å². The fraction of sp³-hybridized carbons (Fsp3) is 0.276. The van der Waals surface area contributed by atoms with Crippen LogP contribution in [0.4, 0.5) is 5.69 Å². The lowest BCUT2D eigenvalue weighted by Gasteiger charge is -2.25. The molecule has 0 spiro atoms. The van der Waals surface area contributed by atoms with Gasteiger partial charge in [-0.1, -0.05) is 73.9 Å². The Kier molecular flexibility index (Phi) is 6.09. The number of carboxylic acids is 1. The Balaban J connectivity index is 0.00000241. The van der Waals surface area contributed by atoms with Gasteiger partial charge in [-0.15, -0.1) is 12.4 Å². The molecule has 2 heterocycles. The third-order valence-electron chi connectivity index (χ3n) is 7.47. The number of nitrogens with one attached hydrogen (secondary N) is 1. The van der Waals surface area contributed by atoms with Crippen molar-refractivity contribution in [2.24, 2.45) is 0 Å². The van der Waals surface area contributed by atoms with Gasteiger partial charge in [0, 0.05) is 23.2 Å². The first kappa shape index (κ1) is 22.5. The van der Waals surface area contributed by atoms with E-state index in [1.165, 1.54) is 59.9 Å². The van der Waals surface area contributed by atoms with Crippen LogP contribution in [-0.4, -0.2) is 22.2 Å². The summed E-state index contributed by atoms with van der Waals surface area (Å²) in [6.07, 6.45) is 6.20. The fourth-order valence-corrected chi connectivity index (χ4v) is 5.96. The summed E-state index contributed by atoms with van der Waals surface area (Å²) < 4.78 is 2.43. The van der Waals surface area contributed by atoms with Crippen LogP contribution >= 0.6 is 12.4 Å². The molecule has 0 radical (unpaired) electrons. The van der Waals surface area contributed by atoms with Gasteiger partial charge in [0.2, 0.25) is 0 Å². The number of nitrogens with zero attached hydrogens (tertiary/aromatic N) is 1. The molecule has 6 rings (SSSR count). The summed E-state index contributed by atoms with van der Waals surface area (Å²) in [6, 6.07) is 24.9. The van der Waals surface area contributed by atoms with E-state index >= 15 is 0 Å². The van der Waals surface area contributed by atoms with E-state index in [1.54, 1.807) is 6.07 Å². The van der Waals surface area contributed by atoms with Gasteiger partial charge in [0.05, 0.1) is 22.8 Å². The van der Waals surface area contributed by atoms with E-state index in [2.05, 4.69) is 64.5 Å². The quantitative estimate of drug-likeness (QED) is 0.324. The topological polar surface area (TPSA) is 54.3 Å². The highest BCUT2D eigenvalue weighted by Gasteiger charge is 2.32. The Morgan fingerprint density at radius 2 is 1.65 bits per heavy atom. The highest BCUT2D eigenvalue weighted by atomic mass is 35.5. The zero-order valence-corrected chi connectivity index (χ0v) is 19.9. The number of carboxylic acid groups (broad SMARTS) is 1. The maximum atomic E-state index is 11.9. The van der Waals surface area contributed by atoms with Crippen molar-refractivity contribution in [3.05, 3.63) is 89.5 Å². The second-order valence-electron chi connectivity index (χ2n) is 9.36. The summed E-state index contributed by atoms with van der Waals surface area (Å²) in [4.78, 5) is 11.9. The van der Waals surface area contributed by atoms with Gasteiger partial charge in [0.1, 0.15) is 0 Å². The molecule has 0 amide bonds. The van der Waals surface area contributed by atoms with Crippen molar-refractivity contribution in [1.29, 1.82) is 0 Å². The molecule has 2 aliphatic rings. The zero-order chi connectivity index (χ0) is 22.4. The van der Waals surface area contributed by atoms with E-state index in [4.69, 9.17) is 0 Å². The standard InChI is InChI=1S/C29H28N2O2.ClH/c32-29(33)21-15-16-23-25(17-21)31-26(19-9-3-1-4-10-19)18-30-24-14-8-7-13-22(24)28(31)27(23)20-11-5-2-6-12-20;/h1,3-4,7-10,13-17,20,26,30H,2,5-6,11-12,18H2,(H,32,33);1H. The number of halogens is 1. The number of carbonyl (C=O) groups is 1. The molecule has 1 aliphatic heterocycles. The second kappa shape index (κ2) is 9.19. The molecule has 174 valence electrons. The van der Waals surface area contributed by atoms with Crippen molar-refractivity contribution >= 4 is 35.0 Å². The van der Waals surface area contributed by atoms with Gasteiger partial charge in [-0.2, -0.15) is 0 Å². The lowest BCUT2D eigenvalue weighted by molar-refractivity contribution is 0.0697. The van der Waals surface area contributed by atoms with Gasteiger partial charge in [-0.05, 0) is 48.1 Å². The molecule has 34 heavy (non-hydrogen) atoms. The minimum absolute atomic E-state index is 0. The summed E-state index contributed by atoms with van der Waals surface area (Å²) in [5.41, 5.74) is 7.62. The lowest BCUT2D eigenvalue weighted by atomic mass is 9.81. The van der Waals surface area contributed by atoms with Crippen LogP contribution < -0.4 is 5.32 Å². The van der Waals surface area contributed by atoms with E-state index in [9.17, 15) is 9.90 Å². The van der Waals surface area contributed by atoms with E-state index in [1.807, 2.05) is 12.1 Å². The number of aromatic nitrogens is 1. The van der Waals surface area contributed by atoms with Crippen LogP contribution in [0.15, 0.2) is 72.8 Å². The van der Waals surface area contributed by atoms with Crippen molar-refractivity contribution < 1.29 is 9.90 Å². The molecule has 5 heteroatoms. The number of para-hydroxylation sites is 1. The van der Waals surface area contributed by atoms with Crippen LogP contribution in [0, 0.1) is 0 Å². The number of fused-ring (bicyclic) bond motifs is 5. The number of aromatic carboxylic acids is 1. The maximum absolute atomic E-state index is 11.9. The normalized spacial score (nSPS) is 17.7. The number of hydrogen-bond acceptors (Lipinski definition) is 2. The summed E-state index contributed by atoms with van der Waals surface area (Å²) in [7, 11) is 0. The average Bonchev–Trinajstić information content (AvgIpc) is 3.09. The van der Waals surface area contributed by atoms with Crippen LogP contribution in [0.3, 0.4) is 0 Å². The second-order valence-corrected chi connectivity index (χ2v) is 9.36. The highest BCUT2D eigenvalue weighted by Crippen LogP contribution is 2.48. The van der Waals surface area contributed by atoms with Crippen LogP contribution in [0.2, 0.25) is 0 Å². The third kappa shape index (κ3) is 3.67. The molecule has 1 atom stereocenters. The molecule has 4 aromatic rings. The van der Waals surface area contributed by atoms with E-state index < -0.39 is 5.97 Å². The van der Waals surface area contributed by atoms with E-state index in [0.717, 1.165) is 17.7 Å². The van der Waals surface area contributed by atoms with Gasteiger partial charge in [-0.25, -0.2) is 4.79 Å². The number of benzene rings is 3. The molecular weight excluding hydrogens is 444 g/mol. The van der Waals surface area contributed by atoms with Crippen LogP contribution in [0.1, 0.15) is 65.5 Å². The lowest BCUT2D eigenvalue weighted by Crippen LogP contribution is -2.18. The zero-order valence-electron chi connectivity index (χ0n) is 19.0. The molecule has 1 aliphatic carbocycles.